The molecule has 0 aliphatic carbocycles. The molecule has 0 radical (unpaired) electrons. The van der Waals surface area contributed by atoms with E-state index >= 15 is 0 Å². The number of rotatable bonds is 4. The van der Waals surface area contributed by atoms with Gasteiger partial charge in [0.1, 0.15) is 6.04 Å². The van der Waals surface area contributed by atoms with Gasteiger partial charge in [0.05, 0.1) is 0 Å². The molecule has 1 aromatic heterocycles. The molecule has 1 saturated heterocycles. The number of hydrogen-bond donors (Lipinski definition) is 3. The van der Waals surface area contributed by atoms with Crippen LogP contribution in [0.1, 0.15) is 23.6 Å². The zero-order valence-corrected chi connectivity index (χ0v) is 12.7. The summed E-state index contributed by atoms with van der Waals surface area (Å²) < 4.78 is 0. The van der Waals surface area contributed by atoms with Crippen LogP contribution in [0.3, 0.4) is 0 Å². The van der Waals surface area contributed by atoms with E-state index in [1.54, 1.807) is 6.20 Å². The Hall–Kier alpha value is -1.95. The van der Waals surface area contributed by atoms with Crippen molar-refractivity contribution in [2.75, 3.05) is 0 Å². The smallest absolute Gasteiger partial charge is 0.238 e. The van der Waals surface area contributed by atoms with E-state index in [0.717, 1.165) is 11.1 Å². The fourth-order valence-electron chi connectivity index (χ4n) is 2.48. The monoisotopic (exact) mass is 316 g/mol. The van der Waals surface area contributed by atoms with Crippen molar-refractivity contribution in [2.45, 2.75) is 25.0 Å². The second kappa shape index (κ2) is 6.87. The van der Waals surface area contributed by atoms with Crippen molar-refractivity contribution in [3.63, 3.8) is 0 Å². The fourth-order valence-corrected chi connectivity index (χ4v) is 2.68. The Morgan fingerprint density at radius 2 is 2.14 bits per heavy atom. The van der Waals surface area contributed by atoms with E-state index < -0.39 is 0 Å². The molecule has 3 rings (SSSR count). The Morgan fingerprint density at radius 1 is 1.27 bits per heavy atom. The van der Waals surface area contributed by atoms with Crippen LogP contribution in [0.25, 0.3) is 0 Å². The lowest BCUT2D eigenvalue weighted by Gasteiger charge is -2.11. The molecule has 22 heavy (non-hydrogen) atoms. The molecule has 0 saturated carbocycles. The average molecular weight is 317 g/mol. The van der Waals surface area contributed by atoms with E-state index in [9.17, 15) is 4.79 Å². The van der Waals surface area contributed by atoms with Gasteiger partial charge < -0.3 is 5.32 Å². The van der Waals surface area contributed by atoms with Gasteiger partial charge in [-0.2, -0.15) is 0 Å². The van der Waals surface area contributed by atoms with Gasteiger partial charge in [-0.3, -0.25) is 9.78 Å². The van der Waals surface area contributed by atoms with Crippen molar-refractivity contribution < 1.29 is 4.79 Å². The quantitative estimate of drug-likeness (QED) is 0.807. The van der Waals surface area contributed by atoms with Crippen LogP contribution in [0, 0.1) is 0 Å². The summed E-state index contributed by atoms with van der Waals surface area (Å²) in [4.78, 5) is 16.3. The van der Waals surface area contributed by atoms with E-state index in [4.69, 9.17) is 11.6 Å². The number of carbonyl (C=O) groups excluding carboxylic acids is 1. The minimum absolute atomic E-state index is 0.0428. The predicted octanol–water partition coefficient (Wildman–Crippen LogP) is 1.96. The van der Waals surface area contributed by atoms with Crippen molar-refractivity contribution >= 4 is 17.5 Å². The van der Waals surface area contributed by atoms with Gasteiger partial charge in [-0.15, -0.1) is 0 Å². The van der Waals surface area contributed by atoms with E-state index in [1.165, 1.54) is 0 Å². The molecule has 6 heteroatoms. The predicted molar refractivity (Wildman–Crippen MR) is 85.0 cm³/mol. The van der Waals surface area contributed by atoms with E-state index in [0.29, 0.717) is 18.0 Å². The molecule has 5 nitrogen and oxygen atoms in total. The molecule has 1 aliphatic heterocycles. The van der Waals surface area contributed by atoms with Gasteiger partial charge in [-0.1, -0.05) is 35.9 Å². The number of benzene rings is 1. The molecule has 1 aromatic carbocycles. The Bertz CT molecular complexity index is 650. The molecule has 1 fully saturated rings. The second-order valence-electron chi connectivity index (χ2n) is 5.23. The standard InChI is InChI=1S/C16H17ClN4O/c17-13-6-2-1-4-11(13)10-19-16(22)15-8-14(20-21-15)12-5-3-7-18-9-12/h1-7,9,14-15,20-21H,8,10H2,(H,19,22). The summed E-state index contributed by atoms with van der Waals surface area (Å²) in [6.45, 7) is 0.425. The molecule has 2 unspecified atom stereocenters. The zero-order valence-electron chi connectivity index (χ0n) is 11.9. The van der Waals surface area contributed by atoms with Gasteiger partial charge in [0.2, 0.25) is 5.91 Å². The van der Waals surface area contributed by atoms with Gasteiger partial charge in [-0.05, 0) is 29.7 Å². The van der Waals surface area contributed by atoms with E-state index in [1.807, 2.05) is 42.6 Å². The maximum absolute atomic E-state index is 12.2. The third kappa shape index (κ3) is 3.44. The topological polar surface area (TPSA) is 66.0 Å². The summed E-state index contributed by atoms with van der Waals surface area (Å²) in [6, 6.07) is 11.2. The van der Waals surface area contributed by atoms with Gasteiger partial charge in [-0.25, -0.2) is 10.9 Å². The molecule has 1 amide bonds. The SMILES string of the molecule is O=C(NCc1ccccc1Cl)C1CC(c2cccnc2)NN1. The summed E-state index contributed by atoms with van der Waals surface area (Å²) in [7, 11) is 0. The molecular formula is C16H17ClN4O. The van der Waals surface area contributed by atoms with Crippen LogP contribution in [-0.4, -0.2) is 16.9 Å². The number of amides is 1. The highest BCUT2D eigenvalue weighted by Gasteiger charge is 2.29. The molecule has 2 atom stereocenters. The Balaban J connectivity index is 1.55. The number of halogens is 1. The van der Waals surface area contributed by atoms with E-state index in [2.05, 4.69) is 21.2 Å². The minimum Gasteiger partial charge on any atom is -0.351 e. The summed E-state index contributed by atoms with van der Waals surface area (Å²) in [5.41, 5.74) is 8.15. The molecule has 0 spiro atoms. The van der Waals surface area contributed by atoms with Crippen LogP contribution in [0.4, 0.5) is 0 Å². The first-order valence-electron chi connectivity index (χ1n) is 7.16. The van der Waals surface area contributed by atoms with Crippen molar-refractivity contribution in [3.05, 3.63) is 64.9 Å². The number of hydrogen-bond acceptors (Lipinski definition) is 4. The highest BCUT2D eigenvalue weighted by atomic mass is 35.5. The molecular weight excluding hydrogens is 300 g/mol. The van der Waals surface area contributed by atoms with Gasteiger partial charge in [0.25, 0.3) is 0 Å². The molecule has 1 aliphatic rings. The number of nitrogens with one attached hydrogen (secondary N) is 3. The Labute approximate surface area is 134 Å². The number of pyridine rings is 1. The summed E-state index contributed by atoms with van der Waals surface area (Å²) in [5, 5.41) is 3.57. The average Bonchev–Trinajstić information content (AvgIpc) is 3.05. The van der Waals surface area contributed by atoms with Crippen LogP contribution < -0.4 is 16.2 Å². The van der Waals surface area contributed by atoms with E-state index in [-0.39, 0.29) is 18.0 Å². The third-order valence-corrected chi connectivity index (χ3v) is 4.09. The van der Waals surface area contributed by atoms with Crippen LogP contribution in [0.2, 0.25) is 5.02 Å². The van der Waals surface area contributed by atoms with Crippen molar-refractivity contribution in [1.82, 2.24) is 21.2 Å². The summed E-state index contributed by atoms with van der Waals surface area (Å²) >= 11 is 6.08. The van der Waals surface area contributed by atoms with Crippen LogP contribution >= 0.6 is 11.6 Å². The van der Waals surface area contributed by atoms with Gasteiger partial charge >= 0.3 is 0 Å². The fraction of sp³-hybridized carbons (Fsp3) is 0.250. The highest BCUT2D eigenvalue weighted by Crippen LogP contribution is 2.21. The lowest BCUT2D eigenvalue weighted by Crippen LogP contribution is -2.42. The Morgan fingerprint density at radius 3 is 2.91 bits per heavy atom. The minimum atomic E-state index is -0.271. The first-order valence-corrected chi connectivity index (χ1v) is 7.54. The third-order valence-electron chi connectivity index (χ3n) is 3.72. The largest absolute Gasteiger partial charge is 0.351 e. The van der Waals surface area contributed by atoms with Gasteiger partial charge in [0, 0.05) is 30.0 Å². The first kappa shape index (κ1) is 15.0. The Kier molecular flexibility index (Phi) is 4.68. The van der Waals surface area contributed by atoms with Crippen LogP contribution in [0.15, 0.2) is 48.8 Å². The second-order valence-corrected chi connectivity index (χ2v) is 5.63. The van der Waals surface area contributed by atoms with Crippen LogP contribution in [-0.2, 0) is 11.3 Å². The maximum Gasteiger partial charge on any atom is 0.238 e. The molecule has 3 N–H and O–H groups in total. The lowest BCUT2D eigenvalue weighted by atomic mass is 10.0. The summed E-state index contributed by atoms with van der Waals surface area (Å²) in [6.07, 6.45) is 4.23. The van der Waals surface area contributed by atoms with Crippen LogP contribution in [0.5, 0.6) is 0 Å². The lowest BCUT2D eigenvalue weighted by molar-refractivity contribution is -0.123. The normalized spacial score (nSPS) is 20.8. The number of carbonyl (C=O) groups is 1. The van der Waals surface area contributed by atoms with Crippen molar-refractivity contribution in [1.29, 1.82) is 0 Å². The molecule has 2 aromatic rings. The molecule has 2 heterocycles. The van der Waals surface area contributed by atoms with Crippen molar-refractivity contribution in [2.24, 2.45) is 0 Å². The molecule has 0 bridgehead atoms. The molecule has 114 valence electrons. The maximum atomic E-state index is 12.2. The first-order chi connectivity index (χ1) is 10.7. The van der Waals surface area contributed by atoms with Crippen molar-refractivity contribution in [3.8, 4) is 0 Å². The van der Waals surface area contributed by atoms with Gasteiger partial charge in [0.15, 0.2) is 0 Å². The number of nitrogens with zero attached hydrogens (tertiary/aromatic N) is 1. The highest BCUT2D eigenvalue weighted by molar-refractivity contribution is 6.31. The number of aromatic nitrogens is 1. The zero-order chi connectivity index (χ0) is 15.4. The number of hydrazine groups is 1. The summed E-state index contributed by atoms with van der Waals surface area (Å²) in [5.74, 6) is -0.0428.